The molecule has 0 radical (unpaired) electrons. The molecule has 0 unspecified atom stereocenters. The van der Waals surface area contributed by atoms with E-state index in [4.69, 9.17) is 4.74 Å². The summed E-state index contributed by atoms with van der Waals surface area (Å²) < 4.78 is 71.9. The summed E-state index contributed by atoms with van der Waals surface area (Å²) in [5.41, 5.74) is 1.06. The van der Waals surface area contributed by atoms with Gasteiger partial charge in [0, 0.05) is 0 Å². The lowest BCUT2D eigenvalue weighted by atomic mass is 10.0. The molecule has 0 bridgehead atoms. The predicted octanol–water partition coefficient (Wildman–Crippen LogP) is 5.31. The Bertz CT molecular complexity index is 1260. The monoisotopic (exact) mass is 490 g/mol. The predicted molar refractivity (Wildman–Crippen MR) is 118 cm³/mol. The average molecular weight is 491 g/mol. The van der Waals surface area contributed by atoms with Gasteiger partial charge in [-0.3, -0.25) is 0 Å². The molecule has 6 nitrogen and oxygen atoms in total. The van der Waals surface area contributed by atoms with Crippen LogP contribution in [0.3, 0.4) is 0 Å². The number of alkyl halides is 3. The van der Waals surface area contributed by atoms with Crippen molar-refractivity contribution in [2.75, 3.05) is 6.54 Å². The fraction of sp³-hybridized carbons (Fsp3) is 0.208. The van der Waals surface area contributed by atoms with Crippen LogP contribution in [0.4, 0.5) is 18.0 Å². The Kier molecular flexibility index (Phi) is 6.37. The van der Waals surface area contributed by atoms with Crippen molar-refractivity contribution in [2.45, 2.75) is 30.6 Å². The summed E-state index contributed by atoms with van der Waals surface area (Å²) in [5, 5.41) is 0.945. The van der Waals surface area contributed by atoms with Crippen LogP contribution in [-0.4, -0.2) is 30.5 Å². The molecule has 178 valence electrons. The second-order valence-corrected chi connectivity index (χ2v) is 9.64. The number of hydrogen-bond donors (Lipinski definition) is 0. The molecule has 1 atom stereocenters. The summed E-state index contributed by atoms with van der Waals surface area (Å²) in [5.74, 6) is 0. The van der Waals surface area contributed by atoms with Crippen LogP contribution in [0.2, 0.25) is 0 Å². The first kappa shape index (κ1) is 23.8. The van der Waals surface area contributed by atoms with Crippen LogP contribution < -0.4 is 0 Å². The topological polar surface area (TPSA) is 66.9 Å². The average Bonchev–Trinajstić information content (AvgIpc) is 2.77. The molecule has 3 aromatic carbocycles. The molecule has 0 spiro atoms. The van der Waals surface area contributed by atoms with Crippen molar-refractivity contribution >= 4 is 16.1 Å². The number of halogens is 3. The van der Waals surface area contributed by atoms with E-state index in [1.165, 1.54) is 24.3 Å². The van der Waals surface area contributed by atoms with Crippen molar-refractivity contribution in [3.63, 3.8) is 0 Å². The fourth-order valence-electron chi connectivity index (χ4n) is 3.58. The highest BCUT2D eigenvalue weighted by molar-refractivity contribution is 7.89. The van der Waals surface area contributed by atoms with Gasteiger partial charge in [-0.15, -0.1) is 0 Å². The van der Waals surface area contributed by atoms with Crippen molar-refractivity contribution in [3.8, 4) is 0 Å². The van der Waals surface area contributed by atoms with Gasteiger partial charge >= 0.3 is 12.3 Å². The second-order valence-electron chi connectivity index (χ2n) is 7.85. The highest BCUT2D eigenvalue weighted by atomic mass is 32.2. The minimum Gasteiger partial charge on any atom is -0.444 e. The molecule has 34 heavy (non-hydrogen) atoms. The number of nitrogens with zero attached hydrogens (tertiary/aromatic N) is 2. The molecular formula is C24H21F3N2O4S. The number of amides is 1. The molecule has 1 aliphatic heterocycles. The molecule has 0 aromatic heterocycles. The fourth-order valence-corrected chi connectivity index (χ4v) is 5.19. The maximum Gasteiger partial charge on any atom is 0.425 e. The summed E-state index contributed by atoms with van der Waals surface area (Å²) in [6.07, 6.45) is -5.39. The lowest BCUT2D eigenvalue weighted by Gasteiger charge is -2.48. The van der Waals surface area contributed by atoms with E-state index in [0.29, 0.717) is 5.56 Å². The number of benzene rings is 3. The second kappa shape index (κ2) is 9.11. The van der Waals surface area contributed by atoms with E-state index in [2.05, 4.69) is 0 Å². The van der Waals surface area contributed by atoms with Gasteiger partial charge in [-0.25, -0.2) is 18.2 Å². The Morgan fingerprint density at radius 3 is 2.18 bits per heavy atom. The summed E-state index contributed by atoms with van der Waals surface area (Å²) in [6.45, 7) is 1.68. The SMILES string of the molecule is Cc1ccc(S(=O)(=O)N2[C@@H](c3ccc(C(F)(F)F)cc3)CN2C(=O)OCc2ccccc2)cc1. The maximum atomic E-state index is 13.4. The minimum atomic E-state index is -4.51. The molecule has 1 heterocycles. The number of hydrogen-bond acceptors (Lipinski definition) is 4. The van der Waals surface area contributed by atoms with Crippen LogP contribution >= 0.6 is 0 Å². The Hall–Kier alpha value is -3.37. The molecule has 10 heteroatoms. The number of sulfonamides is 1. The summed E-state index contributed by atoms with van der Waals surface area (Å²) in [7, 11) is -4.20. The molecular weight excluding hydrogens is 469 g/mol. The Morgan fingerprint density at radius 1 is 0.971 bits per heavy atom. The van der Waals surface area contributed by atoms with Crippen LogP contribution in [-0.2, 0) is 27.5 Å². The maximum absolute atomic E-state index is 13.4. The molecule has 1 amide bonds. The third-order valence-corrected chi connectivity index (χ3v) is 7.27. The quantitative estimate of drug-likeness (QED) is 0.486. The summed E-state index contributed by atoms with van der Waals surface area (Å²) in [6, 6.07) is 18.3. The van der Waals surface area contributed by atoms with E-state index in [-0.39, 0.29) is 18.0 Å². The number of carbonyl (C=O) groups is 1. The zero-order valence-corrected chi connectivity index (χ0v) is 18.9. The van der Waals surface area contributed by atoms with Gasteiger partial charge in [0.15, 0.2) is 0 Å². The van der Waals surface area contributed by atoms with Gasteiger partial charge in [-0.05, 0) is 42.3 Å². The first-order valence-corrected chi connectivity index (χ1v) is 11.8. The van der Waals surface area contributed by atoms with E-state index in [1.54, 1.807) is 43.3 Å². The largest absolute Gasteiger partial charge is 0.444 e. The van der Waals surface area contributed by atoms with Crippen LogP contribution in [0.1, 0.15) is 28.3 Å². The number of hydrazine groups is 1. The molecule has 0 N–H and O–H groups in total. The van der Waals surface area contributed by atoms with Crippen LogP contribution in [0.5, 0.6) is 0 Å². The zero-order valence-electron chi connectivity index (χ0n) is 18.1. The molecule has 4 rings (SSSR count). The first-order chi connectivity index (χ1) is 16.1. The van der Waals surface area contributed by atoms with Crippen LogP contribution in [0.15, 0.2) is 83.8 Å². The van der Waals surface area contributed by atoms with Crippen molar-refractivity contribution in [3.05, 3.63) is 101 Å². The third kappa shape index (κ3) is 4.78. The van der Waals surface area contributed by atoms with E-state index in [9.17, 15) is 26.4 Å². The van der Waals surface area contributed by atoms with Crippen molar-refractivity contribution in [1.29, 1.82) is 0 Å². The standard InChI is InChI=1S/C24H21F3N2O4S/c1-17-7-13-21(14-8-17)34(31,32)29-22(19-9-11-20(12-10-19)24(25,26)27)15-28(29)23(30)33-16-18-5-3-2-4-6-18/h2-14,22H,15-16H2,1H3/t22-/m1/s1. The van der Waals surface area contributed by atoms with E-state index in [1.807, 2.05) is 6.07 Å². The summed E-state index contributed by atoms with van der Waals surface area (Å²) in [4.78, 5) is 12.7. The minimum absolute atomic E-state index is 0.0458. The van der Waals surface area contributed by atoms with Crippen LogP contribution in [0, 0.1) is 6.92 Å². The Labute approximate surface area is 195 Å². The summed E-state index contributed by atoms with van der Waals surface area (Å²) >= 11 is 0. The number of carbonyl (C=O) groups excluding carboxylic acids is 1. The molecule has 3 aromatic rings. The van der Waals surface area contributed by atoms with Gasteiger partial charge in [0.05, 0.1) is 23.0 Å². The third-order valence-electron chi connectivity index (χ3n) is 5.45. The van der Waals surface area contributed by atoms with Crippen molar-refractivity contribution in [1.82, 2.24) is 9.42 Å². The number of aryl methyl sites for hydroxylation is 1. The van der Waals surface area contributed by atoms with Crippen molar-refractivity contribution < 1.29 is 31.1 Å². The molecule has 1 aliphatic rings. The lowest BCUT2D eigenvalue weighted by Crippen LogP contribution is -2.63. The Balaban J connectivity index is 1.62. The molecule has 0 aliphatic carbocycles. The van der Waals surface area contributed by atoms with E-state index < -0.39 is 33.9 Å². The van der Waals surface area contributed by atoms with Gasteiger partial charge < -0.3 is 4.74 Å². The van der Waals surface area contributed by atoms with Crippen molar-refractivity contribution in [2.24, 2.45) is 0 Å². The highest BCUT2D eigenvalue weighted by Gasteiger charge is 2.49. The number of rotatable bonds is 5. The smallest absolute Gasteiger partial charge is 0.425 e. The normalized spacial score (nSPS) is 16.7. The lowest BCUT2D eigenvalue weighted by molar-refractivity contribution is -0.137. The molecule has 1 fully saturated rings. The van der Waals surface area contributed by atoms with Gasteiger partial charge in [0.1, 0.15) is 6.61 Å². The molecule has 0 saturated carbocycles. The van der Waals surface area contributed by atoms with E-state index in [0.717, 1.165) is 32.7 Å². The van der Waals surface area contributed by atoms with E-state index >= 15 is 0 Å². The van der Waals surface area contributed by atoms with Gasteiger partial charge in [-0.2, -0.15) is 13.2 Å². The van der Waals surface area contributed by atoms with Crippen LogP contribution in [0.25, 0.3) is 0 Å². The first-order valence-electron chi connectivity index (χ1n) is 10.3. The highest BCUT2D eigenvalue weighted by Crippen LogP contribution is 2.40. The van der Waals surface area contributed by atoms with Gasteiger partial charge in [-0.1, -0.05) is 64.6 Å². The number of ether oxygens (including phenoxy) is 1. The Morgan fingerprint density at radius 2 is 1.59 bits per heavy atom. The molecule has 1 saturated heterocycles. The van der Waals surface area contributed by atoms with Gasteiger partial charge in [0.25, 0.3) is 10.0 Å². The van der Waals surface area contributed by atoms with Gasteiger partial charge in [0.2, 0.25) is 0 Å². The zero-order chi connectivity index (χ0) is 24.5.